The highest BCUT2D eigenvalue weighted by atomic mass is 35.5. The van der Waals surface area contributed by atoms with Crippen LogP contribution in [0.3, 0.4) is 0 Å². The molecule has 17 bridgehead atoms. The van der Waals surface area contributed by atoms with E-state index in [0.717, 1.165) is 124 Å². The molecule has 40 nitrogen and oxygen atoms in total. The number of rotatable bonds is 21. The third-order valence-corrected chi connectivity index (χ3v) is 24.9. The number of hydrogen-bond acceptors (Lipinski definition) is 32. The molecule has 0 spiro atoms. The highest BCUT2D eigenvalue weighted by molar-refractivity contribution is 6.32. The average Bonchev–Trinajstić information content (AvgIpc) is 0.759. The number of hydrogen-bond donors (Lipinski definition) is 23. The number of ether oxygens (including phenoxy) is 8. The second-order valence-corrected chi connectivity index (χ2v) is 34.4. The summed E-state index contributed by atoms with van der Waals surface area (Å²) in [5, 5.41) is 189. The van der Waals surface area contributed by atoms with E-state index in [2.05, 4.69) is 44.1 Å². The summed E-state index contributed by atoms with van der Waals surface area (Å²) in [4.78, 5) is 139. The normalized spacial score (nSPS) is 28.9. The van der Waals surface area contributed by atoms with Crippen LogP contribution in [-0.2, 0) is 63.8 Å². The summed E-state index contributed by atoms with van der Waals surface area (Å²) in [7, 11) is 0. The first-order chi connectivity index (χ1) is 63.0. The number of aromatic hydroxyl groups is 4. The van der Waals surface area contributed by atoms with Gasteiger partial charge in [-0.1, -0.05) is 92.9 Å². The number of fused-ring (bicyclic) bond motifs is 14. The van der Waals surface area contributed by atoms with Gasteiger partial charge in [-0.3, -0.25) is 33.6 Å². The SMILES string of the molecule is CCCCCCCCCC(=O)N[C@@H]1[C@@H](O)[C@H](O)[C@@H](CO)C[C@H]1Oc1c2cc3cc1Oc1ccc(cc1Cl)[C@@H](O[C@@H]1O[C@H](CO)[C@@H](O)[C@H](O)[C@H]1CC(C)=O)[C@@H]1NC(=O)[C@H](NC(=O)[C@@H]3NC(=O)[C@H]3NC(=O)[C@@H](Cc4ccc(c(Cl)c4)O2)NC(=O)[C@H](N)c2ccc(O)c(c2)Oc2cc(O)cc3c2)c2ccc(O)c(c2)-c2c(O[C@H]3O[C@H](CO)[C@@H](O)[C@H](O)[C@@H]3O)cc(O)cc2[C@H](C(=O)O)NC1=O. The van der Waals surface area contributed by atoms with Crippen LogP contribution in [0.15, 0.2) is 115 Å². The van der Waals surface area contributed by atoms with E-state index in [4.69, 9.17) is 66.8 Å². The lowest BCUT2D eigenvalue weighted by molar-refractivity contribution is -0.299. The second kappa shape index (κ2) is 41.1. The van der Waals surface area contributed by atoms with Gasteiger partial charge in [-0.25, -0.2) is 4.79 Å². The number of aliphatic hydroxyl groups excluding tert-OH is 10. The molecular weight excluding hydrogens is 1780 g/mol. The molecular formula is C90H100Cl2N8O32. The molecule has 8 heterocycles. The molecule has 1 aliphatic carbocycles. The number of unbranched alkanes of at least 4 members (excludes halogenated alkanes) is 6. The maximum absolute atomic E-state index is 17.0. The molecule has 3 fully saturated rings. The Bertz CT molecular complexity index is 5540. The molecule has 2 saturated heterocycles. The van der Waals surface area contributed by atoms with E-state index in [1.165, 1.54) is 30.3 Å². The zero-order chi connectivity index (χ0) is 94.7. The predicted octanol–water partition coefficient (Wildman–Crippen LogP) is 2.92. The highest BCUT2D eigenvalue weighted by Crippen LogP contribution is 2.52. The monoisotopic (exact) mass is 1870 g/mol. The Balaban J connectivity index is 1.04. The van der Waals surface area contributed by atoms with Crippen LogP contribution >= 0.6 is 23.2 Å². The van der Waals surface area contributed by atoms with Crippen LogP contribution in [0.2, 0.25) is 10.0 Å². The Morgan fingerprint density at radius 3 is 1.77 bits per heavy atom. The lowest BCUT2D eigenvalue weighted by Crippen LogP contribution is -2.62. The summed E-state index contributed by atoms with van der Waals surface area (Å²) < 4.78 is 51.7. The number of phenols is 4. The minimum absolute atomic E-state index is 0.0371. The summed E-state index contributed by atoms with van der Waals surface area (Å²) >= 11 is 14.8. The Morgan fingerprint density at radius 2 is 1.11 bits per heavy atom. The van der Waals surface area contributed by atoms with Gasteiger partial charge in [0.15, 0.2) is 35.3 Å². The number of aliphatic hydroxyl groups is 10. The van der Waals surface area contributed by atoms with Crippen molar-refractivity contribution in [1.82, 2.24) is 37.2 Å². The lowest BCUT2D eigenvalue weighted by atomic mass is 9.79. The van der Waals surface area contributed by atoms with Gasteiger partial charge in [-0.2, -0.15) is 0 Å². The second-order valence-electron chi connectivity index (χ2n) is 33.5. The quantitative estimate of drug-likeness (QED) is 0.0460. The first-order valence-corrected chi connectivity index (χ1v) is 43.4. The number of carbonyl (C=O) groups excluding carboxylic acids is 8. The van der Waals surface area contributed by atoms with Gasteiger partial charge in [0, 0.05) is 66.5 Å². The van der Waals surface area contributed by atoms with Gasteiger partial charge in [0.25, 0.3) is 0 Å². The average molecular weight is 1880 g/mol. The van der Waals surface area contributed by atoms with Gasteiger partial charge in [-0.05, 0) is 132 Å². The molecule has 706 valence electrons. The number of carboxylic acids is 1. The fourth-order valence-corrected chi connectivity index (χ4v) is 17.7. The van der Waals surface area contributed by atoms with Gasteiger partial charge >= 0.3 is 5.97 Å². The fourth-order valence-electron chi connectivity index (χ4n) is 17.2. The van der Waals surface area contributed by atoms with Gasteiger partial charge in [-0.15, -0.1) is 0 Å². The minimum atomic E-state index is -2.55. The molecule has 23 atom stereocenters. The van der Waals surface area contributed by atoms with Crippen molar-refractivity contribution >= 4 is 76.3 Å². The van der Waals surface area contributed by atoms with Gasteiger partial charge in [0.05, 0.1) is 41.5 Å². The number of amides is 7. The van der Waals surface area contributed by atoms with E-state index in [-0.39, 0.29) is 50.9 Å². The number of nitrogens with one attached hydrogen (secondary N) is 7. The number of aliphatic carboxylic acids is 1. The predicted molar refractivity (Wildman–Crippen MR) is 458 cm³/mol. The third-order valence-electron chi connectivity index (χ3n) is 24.3. The van der Waals surface area contributed by atoms with Crippen LogP contribution in [0.4, 0.5) is 0 Å². The molecule has 1 saturated carbocycles. The Kier molecular flexibility index (Phi) is 30.0. The van der Waals surface area contributed by atoms with Crippen molar-refractivity contribution in [3.8, 4) is 80.1 Å². The number of nitrogens with two attached hydrogens (primary N) is 1. The number of carbonyl (C=O) groups is 9. The standard InChI is InChI=1S/C90H100Cl2N8O32/c1-3-4-5-6-7-8-9-10-64(109)95-71-59(29-43(33-101)73(110)77(71)114)128-81-60-27-42-28-61(81)127-56-18-14-40(25-51(56)92)80(132-89-49(19-36(2)104)74(111)75(112)62(34-102)130-89)72-87(122)99-70(88(123)124)48-31-45(106)32-58(129-90-79(116)78(115)76(113)63(35-103)131-90)65(48)47-24-39(13-15-53(47)107)67(84(119)100-72)97-86(121)69(42)98-85(120)68-41-22-44(105)30-46(23-41)125-57-26-38(12-16-54(57)108)66(93)83(118)94-52(82(117)96-68)21-37-11-17-55(126-60)50(91)20-37/h11-18,20,22-28,30-32,43,49,52,59,62-63,66-80,89-90,101-103,105-108,110-116H,3-10,19,21,29,33-35,93H2,1-2H3,(H,94,118)(H,95,109)(H,96,117)(H,97,121)(H,98,120)(H,99,122)(H,100,119)(H,123,124)/t43-,49-,52-,59-,62-,63-,66-,67-,68+,69-,70-,71+,72+,73-,74-,75-,76-,77-,78+,79+,80-,89+,90+/m1/s1. The van der Waals surface area contributed by atoms with Crippen molar-refractivity contribution in [1.29, 1.82) is 0 Å². The molecule has 7 aromatic carbocycles. The van der Waals surface area contributed by atoms with Crippen LogP contribution in [0.5, 0.6) is 69.0 Å². The Morgan fingerprint density at radius 1 is 0.523 bits per heavy atom. The molecule has 0 aromatic heterocycles. The van der Waals surface area contributed by atoms with Crippen LogP contribution in [0.1, 0.15) is 153 Å². The van der Waals surface area contributed by atoms with Gasteiger partial charge in [0.2, 0.25) is 53.4 Å². The number of Topliss-reactive ketones (excluding diaryl/α,β-unsaturated/α-hetero) is 1. The van der Waals surface area contributed by atoms with E-state index in [0.29, 0.717) is 12.8 Å². The van der Waals surface area contributed by atoms with Crippen LogP contribution < -0.4 is 66.6 Å². The van der Waals surface area contributed by atoms with Gasteiger partial charge in [0.1, 0.15) is 137 Å². The number of halogens is 2. The summed E-state index contributed by atoms with van der Waals surface area (Å²) in [6.07, 6.45) is -21.6. The van der Waals surface area contributed by atoms with Crippen LogP contribution in [0, 0.1) is 11.8 Å². The van der Waals surface area contributed by atoms with Crippen molar-refractivity contribution in [2.24, 2.45) is 17.6 Å². The topological polar surface area (TPSA) is 641 Å². The van der Waals surface area contributed by atoms with E-state index < -0.39 is 317 Å². The van der Waals surface area contributed by atoms with Crippen molar-refractivity contribution in [3.63, 3.8) is 0 Å². The first kappa shape index (κ1) is 96.3. The highest BCUT2D eigenvalue weighted by Gasteiger charge is 2.52. The van der Waals surface area contributed by atoms with Crippen molar-refractivity contribution in [2.45, 2.75) is 213 Å². The van der Waals surface area contributed by atoms with E-state index in [1.54, 1.807) is 0 Å². The molecule has 132 heavy (non-hydrogen) atoms. The maximum atomic E-state index is 17.0. The molecule has 7 amide bonds. The number of phenolic OH excluding ortho intramolecular Hbond substituents is 4. The smallest absolute Gasteiger partial charge is 0.330 e. The van der Waals surface area contributed by atoms with Crippen molar-refractivity contribution in [3.05, 3.63) is 164 Å². The summed E-state index contributed by atoms with van der Waals surface area (Å²) in [6, 6.07) is 3.52. The minimum Gasteiger partial charge on any atom is -0.508 e. The van der Waals surface area contributed by atoms with E-state index >= 15 is 24.0 Å². The molecule has 42 heteroatoms. The molecule has 0 unspecified atom stereocenters. The number of ketones is 1. The summed E-state index contributed by atoms with van der Waals surface area (Å²) in [5.74, 6) is -21.4. The Labute approximate surface area is 761 Å². The van der Waals surface area contributed by atoms with E-state index in [9.17, 15) is 95.8 Å². The zero-order valence-electron chi connectivity index (χ0n) is 70.6. The summed E-state index contributed by atoms with van der Waals surface area (Å²) in [5.41, 5.74) is 3.03. The Hall–Kier alpha value is -11.8. The fraction of sp³-hybridized carbons (Fsp3) is 0.433. The first-order valence-electron chi connectivity index (χ1n) is 42.7. The number of benzene rings is 7. The third kappa shape index (κ3) is 20.8. The lowest BCUT2D eigenvalue weighted by Gasteiger charge is -2.44. The molecule has 7 aromatic rings. The molecule has 24 N–H and O–H groups in total. The van der Waals surface area contributed by atoms with E-state index in [1.807, 2.05) is 0 Å². The number of carboxylic acid groups (broad SMARTS) is 1. The molecule has 0 radical (unpaired) electrons. The zero-order valence-corrected chi connectivity index (χ0v) is 72.1. The van der Waals surface area contributed by atoms with Crippen LogP contribution in [-0.4, -0.2) is 241 Å². The van der Waals surface area contributed by atoms with Crippen LogP contribution in [0.25, 0.3) is 11.1 Å². The maximum Gasteiger partial charge on any atom is 0.330 e. The van der Waals surface area contributed by atoms with Crippen molar-refractivity contribution in [2.75, 3.05) is 19.8 Å². The van der Waals surface area contributed by atoms with Crippen molar-refractivity contribution < 1.29 is 158 Å². The van der Waals surface area contributed by atoms with Gasteiger partial charge < -0.3 is 162 Å². The molecule has 16 rings (SSSR count). The molecule has 8 aliphatic heterocycles. The largest absolute Gasteiger partial charge is 0.508 e. The molecule has 9 aliphatic rings. The summed E-state index contributed by atoms with van der Waals surface area (Å²) in [6.45, 7) is 0.289.